The van der Waals surface area contributed by atoms with Gasteiger partial charge in [-0.05, 0) is 30.5 Å². The molecule has 1 fully saturated rings. The second-order valence-electron chi connectivity index (χ2n) is 8.41. The minimum atomic E-state index is -0.231. The number of methoxy groups -OCH3 is 1. The van der Waals surface area contributed by atoms with E-state index < -0.39 is 0 Å². The number of para-hydroxylation sites is 1. The number of nitrogens with two attached hydrogens (primary N) is 1. The molecule has 1 atom stereocenters. The van der Waals surface area contributed by atoms with Crippen LogP contribution >= 0.6 is 0 Å². The molecule has 9 heteroatoms. The van der Waals surface area contributed by atoms with Crippen LogP contribution in [-0.4, -0.2) is 40.5 Å². The number of hydrogen-bond acceptors (Lipinski definition) is 8. The summed E-state index contributed by atoms with van der Waals surface area (Å²) >= 11 is 0. The summed E-state index contributed by atoms with van der Waals surface area (Å²) in [5.41, 5.74) is 8.68. The van der Waals surface area contributed by atoms with Gasteiger partial charge in [-0.3, -0.25) is 15.0 Å². The lowest BCUT2D eigenvalue weighted by Crippen LogP contribution is -2.29. The number of ether oxygens (including phenoxy) is 1. The van der Waals surface area contributed by atoms with Crippen LogP contribution in [0.4, 0.5) is 11.6 Å². The van der Waals surface area contributed by atoms with Crippen LogP contribution in [0.1, 0.15) is 52.7 Å². The standard InChI is InChI=1S/C26H28N6O3/c1-35-21-8-3-2-7-20(21)26(34)29-14-16-9-11-17(12-10-16)23(27)22-24(28)30-15-31-25(22)32-18-5-4-6-19(33)13-18/h2-3,7-12,15,18,27H,4-6,13-14H2,1H3,(H,29,34)(H3,28,30,31,32). The van der Waals surface area contributed by atoms with Crippen molar-refractivity contribution in [2.45, 2.75) is 38.3 Å². The molecule has 0 aliphatic heterocycles. The van der Waals surface area contributed by atoms with Gasteiger partial charge in [0.15, 0.2) is 0 Å². The molecular formula is C26H28N6O3. The van der Waals surface area contributed by atoms with Crippen molar-refractivity contribution in [3.63, 3.8) is 0 Å². The number of rotatable bonds is 8. The van der Waals surface area contributed by atoms with E-state index in [4.69, 9.17) is 15.9 Å². The molecule has 0 radical (unpaired) electrons. The predicted octanol–water partition coefficient (Wildman–Crippen LogP) is 3.34. The highest BCUT2D eigenvalue weighted by atomic mass is 16.5. The van der Waals surface area contributed by atoms with Gasteiger partial charge in [0.1, 0.15) is 29.5 Å². The van der Waals surface area contributed by atoms with Gasteiger partial charge < -0.3 is 21.1 Å². The van der Waals surface area contributed by atoms with E-state index in [0.29, 0.717) is 47.6 Å². The first-order valence-electron chi connectivity index (χ1n) is 11.4. The van der Waals surface area contributed by atoms with Crippen molar-refractivity contribution in [1.82, 2.24) is 15.3 Å². The number of hydrogen-bond donors (Lipinski definition) is 4. The molecule has 1 aliphatic carbocycles. The molecule has 1 aliphatic rings. The fourth-order valence-electron chi connectivity index (χ4n) is 4.14. The molecule has 0 saturated heterocycles. The summed E-state index contributed by atoms with van der Waals surface area (Å²) < 4.78 is 5.25. The average Bonchev–Trinajstić information content (AvgIpc) is 2.87. The van der Waals surface area contributed by atoms with Crippen LogP contribution in [0.2, 0.25) is 0 Å². The van der Waals surface area contributed by atoms with Crippen LogP contribution in [0.15, 0.2) is 54.9 Å². The van der Waals surface area contributed by atoms with Crippen LogP contribution in [0.3, 0.4) is 0 Å². The van der Waals surface area contributed by atoms with Gasteiger partial charge in [-0.15, -0.1) is 0 Å². The molecule has 180 valence electrons. The summed E-state index contributed by atoms with van der Waals surface area (Å²) in [4.78, 5) is 32.7. The smallest absolute Gasteiger partial charge is 0.255 e. The third-order valence-electron chi connectivity index (χ3n) is 6.00. The molecule has 0 spiro atoms. The van der Waals surface area contributed by atoms with Crippen molar-refractivity contribution in [3.05, 3.63) is 77.1 Å². The molecule has 0 bridgehead atoms. The van der Waals surface area contributed by atoms with Crippen LogP contribution in [0, 0.1) is 5.41 Å². The first kappa shape index (κ1) is 23.9. The molecule has 1 aromatic heterocycles. The molecule has 35 heavy (non-hydrogen) atoms. The molecule has 9 nitrogen and oxygen atoms in total. The Morgan fingerprint density at radius 2 is 1.94 bits per heavy atom. The largest absolute Gasteiger partial charge is 0.496 e. The van der Waals surface area contributed by atoms with Crippen molar-refractivity contribution >= 4 is 29.0 Å². The fourth-order valence-corrected chi connectivity index (χ4v) is 4.14. The maximum Gasteiger partial charge on any atom is 0.255 e. The SMILES string of the molecule is COc1ccccc1C(=O)NCc1ccc(C(=N)c2c(N)ncnc2NC2CCCC(=O)C2)cc1. The van der Waals surface area contributed by atoms with Gasteiger partial charge in [-0.1, -0.05) is 36.4 Å². The summed E-state index contributed by atoms with van der Waals surface area (Å²) in [6.45, 7) is 0.323. The normalized spacial score (nSPS) is 15.3. The number of benzene rings is 2. The van der Waals surface area contributed by atoms with Crippen LogP contribution in [0.5, 0.6) is 5.75 Å². The zero-order valence-electron chi connectivity index (χ0n) is 19.5. The molecule has 1 heterocycles. The molecule has 2 aromatic carbocycles. The molecule has 3 aromatic rings. The van der Waals surface area contributed by atoms with E-state index in [-0.39, 0.29) is 29.3 Å². The summed E-state index contributed by atoms with van der Waals surface area (Å²) in [5, 5.41) is 14.9. The Kier molecular flexibility index (Phi) is 7.35. The van der Waals surface area contributed by atoms with Crippen LogP contribution in [-0.2, 0) is 11.3 Å². The first-order valence-corrected chi connectivity index (χ1v) is 11.4. The zero-order chi connectivity index (χ0) is 24.8. The summed E-state index contributed by atoms with van der Waals surface area (Å²) in [7, 11) is 1.53. The topological polar surface area (TPSA) is 143 Å². The highest BCUT2D eigenvalue weighted by Crippen LogP contribution is 2.25. The van der Waals surface area contributed by atoms with Crippen LogP contribution in [0.25, 0.3) is 0 Å². The lowest BCUT2D eigenvalue weighted by molar-refractivity contribution is -0.120. The monoisotopic (exact) mass is 472 g/mol. The maximum absolute atomic E-state index is 12.5. The first-order chi connectivity index (χ1) is 17.0. The number of carbonyl (C=O) groups is 2. The summed E-state index contributed by atoms with van der Waals surface area (Å²) in [6, 6.07) is 14.3. The van der Waals surface area contributed by atoms with Gasteiger partial charge >= 0.3 is 0 Å². The highest BCUT2D eigenvalue weighted by molar-refractivity contribution is 6.16. The number of nitrogens with one attached hydrogen (secondary N) is 3. The number of nitrogens with zero attached hydrogens (tertiary/aromatic N) is 2. The molecular weight excluding hydrogens is 444 g/mol. The molecule has 1 amide bonds. The van der Waals surface area contributed by atoms with Gasteiger partial charge in [-0.2, -0.15) is 0 Å². The Labute approximate surface area is 203 Å². The number of anilines is 2. The van der Waals surface area contributed by atoms with E-state index >= 15 is 0 Å². The quantitative estimate of drug-likeness (QED) is 0.368. The Morgan fingerprint density at radius 3 is 2.69 bits per heavy atom. The van der Waals surface area contributed by atoms with Gasteiger partial charge in [0, 0.05) is 31.0 Å². The number of carbonyl (C=O) groups excluding carboxylic acids is 2. The van der Waals surface area contributed by atoms with E-state index in [1.165, 1.54) is 13.4 Å². The lowest BCUT2D eigenvalue weighted by Gasteiger charge is -2.24. The molecule has 5 N–H and O–H groups in total. The van der Waals surface area contributed by atoms with Crippen LogP contribution < -0.4 is 21.1 Å². The molecule has 1 unspecified atom stereocenters. The average molecular weight is 473 g/mol. The van der Waals surface area contributed by atoms with Gasteiger partial charge in [-0.25, -0.2) is 9.97 Å². The van der Waals surface area contributed by atoms with E-state index in [0.717, 1.165) is 18.4 Å². The van der Waals surface area contributed by atoms with E-state index in [1.807, 2.05) is 18.2 Å². The number of ketones is 1. The van der Waals surface area contributed by atoms with Gasteiger partial charge in [0.25, 0.3) is 5.91 Å². The maximum atomic E-state index is 12.5. The van der Waals surface area contributed by atoms with Gasteiger partial charge in [0.05, 0.1) is 23.9 Å². The Hall–Kier alpha value is -4.27. The summed E-state index contributed by atoms with van der Waals surface area (Å²) in [5.74, 6) is 1.16. The minimum Gasteiger partial charge on any atom is -0.496 e. The van der Waals surface area contributed by atoms with E-state index in [1.54, 1.807) is 30.3 Å². The van der Waals surface area contributed by atoms with E-state index in [9.17, 15) is 9.59 Å². The van der Waals surface area contributed by atoms with Gasteiger partial charge in [0.2, 0.25) is 0 Å². The second kappa shape index (κ2) is 10.8. The van der Waals surface area contributed by atoms with Crippen molar-refractivity contribution in [2.75, 3.05) is 18.2 Å². The van der Waals surface area contributed by atoms with Crippen molar-refractivity contribution in [3.8, 4) is 5.75 Å². The predicted molar refractivity (Wildman–Crippen MR) is 134 cm³/mol. The van der Waals surface area contributed by atoms with Crippen molar-refractivity contribution < 1.29 is 14.3 Å². The third-order valence-corrected chi connectivity index (χ3v) is 6.00. The Bertz CT molecular complexity index is 1240. The summed E-state index contributed by atoms with van der Waals surface area (Å²) in [6.07, 6.45) is 4.09. The van der Waals surface area contributed by atoms with E-state index in [2.05, 4.69) is 20.6 Å². The third kappa shape index (κ3) is 5.63. The fraction of sp³-hybridized carbons (Fsp3) is 0.269. The van der Waals surface area contributed by atoms with Crippen molar-refractivity contribution in [2.24, 2.45) is 0 Å². The highest BCUT2D eigenvalue weighted by Gasteiger charge is 2.23. The Morgan fingerprint density at radius 1 is 1.17 bits per heavy atom. The number of Topliss-reactive ketones (excluding diaryl/α,β-unsaturated/α-hetero) is 1. The lowest BCUT2D eigenvalue weighted by atomic mass is 9.94. The number of aromatic nitrogens is 2. The zero-order valence-corrected chi connectivity index (χ0v) is 19.5. The van der Waals surface area contributed by atoms with Crippen molar-refractivity contribution in [1.29, 1.82) is 5.41 Å². The minimum absolute atomic E-state index is 0.0358. The second-order valence-corrected chi connectivity index (χ2v) is 8.41. The molecule has 1 saturated carbocycles. The number of amides is 1. The number of nitrogen functional groups attached to an aromatic ring is 1. The molecule has 4 rings (SSSR count). The Balaban J connectivity index is 1.45.